The summed E-state index contributed by atoms with van der Waals surface area (Å²) in [5.41, 5.74) is 4.40. The Morgan fingerprint density at radius 3 is 2.67 bits per heavy atom. The summed E-state index contributed by atoms with van der Waals surface area (Å²) in [6.07, 6.45) is 1.71. The second kappa shape index (κ2) is 1.99. The second-order valence-electron chi connectivity index (χ2n) is 2.55. The van der Waals surface area contributed by atoms with E-state index in [-0.39, 0.29) is 5.91 Å². The molecule has 0 aliphatic carbocycles. The molecule has 0 bridgehead atoms. The molecule has 3 nitrogen and oxygen atoms in total. The lowest BCUT2D eigenvalue weighted by molar-refractivity contribution is -0.135. The van der Waals surface area contributed by atoms with Crippen molar-refractivity contribution < 1.29 is 9.53 Å². The van der Waals surface area contributed by atoms with E-state index in [2.05, 4.69) is 0 Å². The minimum Gasteiger partial charge on any atom is -0.367 e. The van der Waals surface area contributed by atoms with Gasteiger partial charge in [-0.1, -0.05) is 0 Å². The van der Waals surface area contributed by atoms with Crippen LogP contribution in [0.15, 0.2) is 0 Å². The number of hydrogen-bond donors (Lipinski definition) is 1. The first-order valence-corrected chi connectivity index (χ1v) is 3.09. The first-order valence-electron chi connectivity index (χ1n) is 3.09. The molecule has 1 aliphatic rings. The molecule has 1 aliphatic heterocycles. The third-order valence-electron chi connectivity index (χ3n) is 1.74. The molecule has 52 valence electrons. The molecule has 1 amide bonds. The van der Waals surface area contributed by atoms with E-state index < -0.39 is 5.60 Å². The lowest BCUT2D eigenvalue weighted by Gasteiger charge is -2.17. The van der Waals surface area contributed by atoms with Gasteiger partial charge < -0.3 is 10.5 Å². The molecule has 3 heteroatoms. The first-order chi connectivity index (χ1) is 4.15. The summed E-state index contributed by atoms with van der Waals surface area (Å²) < 4.78 is 5.13. The second-order valence-corrected chi connectivity index (χ2v) is 2.55. The maximum Gasteiger partial charge on any atom is 0.249 e. The Kier molecular flexibility index (Phi) is 1.45. The number of carbonyl (C=O) groups excluding carboxylic acids is 1. The Morgan fingerprint density at radius 1 is 1.78 bits per heavy atom. The largest absolute Gasteiger partial charge is 0.367 e. The lowest BCUT2D eigenvalue weighted by Crippen LogP contribution is -2.40. The highest BCUT2D eigenvalue weighted by Gasteiger charge is 2.35. The Labute approximate surface area is 54.2 Å². The summed E-state index contributed by atoms with van der Waals surface area (Å²) in [6, 6.07) is 0. The van der Waals surface area contributed by atoms with Gasteiger partial charge in [0.15, 0.2) is 0 Å². The molecule has 0 saturated carbocycles. The van der Waals surface area contributed by atoms with Crippen molar-refractivity contribution >= 4 is 5.91 Å². The van der Waals surface area contributed by atoms with Gasteiger partial charge >= 0.3 is 0 Å². The van der Waals surface area contributed by atoms with Crippen LogP contribution in [0.2, 0.25) is 0 Å². The van der Waals surface area contributed by atoms with Crippen molar-refractivity contribution in [3.05, 3.63) is 0 Å². The summed E-state index contributed by atoms with van der Waals surface area (Å²) >= 11 is 0. The number of carbonyl (C=O) groups is 1. The first kappa shape index (κ1) is 6.55. The third kappa shape index (κ3) is 1.05. The predicted octanol–water partition coefficient (Wildman–Crippen LogP) is 0.0408. The Bertz CT molecular complexity index is 127. The van der Waals surface area contributed by atoms with Crippen molar-refractivity contribution in [3.63, 3.8) is 0 Å². The summed E-state index contributed by atoms with van der Waals surface area (Å²) in [6.45, 7) is 2.40. The number of amides is 1. The maximum atomic E-state index is 10.6. The molecule has 1 fully saturated rings. The highest BCUT2D eigenvalue weighted by atomic mass is 16.5. The van der Waals surface area contributed by atoms with Crippen molar-refractivity contribution in [2.45, 2.75) is 25.4 Å². The molecular weight excluding hydrogens is 118 g/mol. The lowest BCUT2D eigenvalue weighted by atomic mass is 10.0. The molecule has 0 aromatic heterocycles. The molecule has 1 heterocycles. The molecule has 1 unspecified atom stereocenters. The van der Waals surface area contributed by atoms with E-state index in [1.807, 2.05) is 0 Å². The van der Waals surface area contributed by atoms with Gasteiger partial charge in [0.1, 0.15) is 5.60 Å². The predicted molar refractivity (Wildman–Crippen MR) is 32.8 cm³/mol. The number of hydrogen-bond acceptors (Lipinski definition) is 2. The number of rotatable bonds is 1. The minimum absolute atomic E-state index is 0.347. The zero-order chi connectivity index (χ0) is 6.91. The smallest absolute Gasteiger partial charge is 0.249 e. The molecular formula is C6H11NO2. The van der Waals surface area contributed by atoms with Crippen molar-refractivity contribution in [2.24, 2.45) is 5.73 Å². The van der Waals surface area contributed by atoms with Gasteiger partial charge in [-0.05, 0) is 19.8 Å². The molecule has 1 rings (SSSR count). The van der Waals surface area contributed by atoms with E-state index in [0.717, 1.165) is 12.8 Å². The van der Waals surface area contributed by atoms with Gasteiger partial charge in [0, 0.05) is 6.61 Å². The standard InChI is InChI=1S/C6H11NO2/c1-6(5(7)8)3-2-4-9-6/h2-4H2,1H3,(H2,7,8). The third-order valence-corrected chi connectivity index (χ3v) is 1.74. The number of primary amides is 1. The summed E-state index contributed by atoms with van der Waals surface area (Å²) in [4.78, 5) is 10.6. The average Bonchev–Trinajstić information content (AvgIpc) is 2.16. The van der Waals surface area contributed by atoms with Crippen LogP contribution in [0.1, 0.15) is 19.8 Å². The van der Waals surface area contributed by atoms with Crippen LogP contribution < -0.4 is 5.73 Å². The van der Waals surface area contributed by atoms with E-state index in [1.165, 1.54) is 0 Å². The van der Waals surface area contributed by atoms with Crippen LogP contribution in [0.4, 0.5) is 0 Å². The summed E-state index contributed by atoms with van der Waals surface area (Å²) in [5, 5.41) is 0. The van der Waals surface area contributed by atoms with Crippen LogP contribution in [0.5, 0.6) is 0 Å². The van der Waals surface area contributed by atoms with E-state index in [1.54, 1.807) is 6.92 Å². The zero-order valence-electron chi connectivity index (χ0n) is 5.52. The Balaban J connectivity index is 2.61. The van der Waals surface area contributed by atoms with Gasteiger partial charge in [-0.2, -0.15) is 0 Å². The quantitative estimate of drug-likeness (QED) is 0.543. The van der Waals surface area contributed by atoms with Crippen molar-refractivity contribution in [3.8, 4) is 0 Å². The topological polar surface area (TPSA) is 52.3 Å². The fourth-order valence-electron chi connectivity index (χ4n) is 0.973. The molecule has 0 aromatic carbocycles. The van der Waals surface area contributed by atoms with E-state index in [4.69, 9.17) is 10.5 Å². The van der Waals surface area contributed by atoms with Crippen molar-refractivity contribution in [1.82, 2.24) is 0 Å². The minimum atomic E-state index is -0.667. The highest BCUT2D eigenvalue weighted by Crippen LogP contribution is 2.23. The molecule has 0 radical (unpaired) electrons. The normalized spacial score (nSPS) is 34.8. The van der Waals surface area contributed by atoms with Crippen LogP contribution in [0, 0.1) is 0 Å². The summed E-state index contributed by atoms with van der Waals surface area (Å²) in [7, 11) is 0. The van der Waals surface area contributed by atoms with Gasteiger partial charge in [0.2, 0.25) is 5.91 Å². The average molecular weight is 129 g/mol. The van der Waals surface area contributed by atoms with E-state index in [9.17, 15) is 4.79 Å². The van der Waals surface area contributed by atoms with Gasteiger partial charge in [0.25, 0.3) is 0 Å². The van der Waals surface area contributed by atoms with Crippen molar-refractivity contribution in [2.75, 3.05) is 6.61 Å². The SMILES string of the molecule is CC1(C(N)=O)CCCO1. The Morgan fingerprint density at radius 2 is 2.44 bits per heavy atom. The van der Waals surface area contributed by atoms with Crippen LogP contribution in [0.3, 0.4) is 0 Å². The highest BCUT2D eigenvalue weighted by molar-refractivity contribution is 5.83. The summed E-state index contributed by atoms with van der Waals surface area (Å²) in [5.74, 6) is -0.347. The fourth-order valence-corrected chi connectivity index (χ4v) is 0.973. The van der Waals surface area contributed by atoms with Gasteiger partial charge in [-0.3, -0.25) is 4.79 Å². The molecule has 0 aromatic rings. The van der Waals surface area contributed by atoms with Crippen LogP contribution in [0.25, 0.3) is 0 Å². The molecule has 1 saturated heterocycles. The van der Waals surface area contributed by atoms with E-state index >= 15 is 0 Å². The molecule has 9 heavy (non-hydrogen) atoms. The number of nitrogens with two attached hydrogens (primary N) is 1. The van der Waals surface area contributed by atoms with E-state index in [0.29, 0.717) is 6.61 Å². The van der Waals surface area contributed by atoms with Gasteiger partial charge in [0.05, 0.1) is 0 Å². The van der Waals surface area contributed by atoms with Gasteiger partial charge in [-0.15, -0.1) is 0 Å². The fraction of sp³-hybridized carbons (Fsp3) is 0.833. The number of ether oxygens (including phenoxy) is 1. The Hall–Kier alpha value is -0.570. The molecule has 0 spiro atoms. The van der Waals surface area contributed by atoms with Crippen molar-refractivity contribution in [1.29, 1.82) is 0 Å². The van der Waals surface area contributed by atoms with Crippen LogP contribution in [-0.4, -0.2) is 18.1 Å². The van der Waals surface area contributed by atoms with Gasteiger partial charge in [-0.25, -0.2) is 0 Å². The van der Waals surface area contributed by atoms with Crippen LogP contribution >= 0.6 is 0 Å². The maximum absolute atomic E-state index is 10.6. The van der Waals surface area contributed by atoms with Crippen LogP contribution in [-0.2, 0) is 9.53 Å². The zero-order valence-corrected chi connectivity index (χ0v) is 5.52. The molecule has 2 N–H and O–H groups in total. The molecule has 1 atom stereocenters. The monoisotopic (exact) mass is 129 g/mol.